The van der Waals surface area contributed by atoms with E-state index in [1.165, 1.54) is 17.1 Å². The van der Waals surface area contributed by atoms with Crippen molar-refractivity contribution in [2.24, 2.45) is 0 Å². The molecule has 0 unspecified atom stereocenters. The fraction of sp³-hybridized carbons (Fsp3) is 0.231. The summed E-state index contributed by atoms with van der Waals surface area (Å²) in [5, 5.41) is 11.0. The van der Waals surface area contributed by atoms with E-state index in [9.17, 15) is 4.79 Å². The van der Waals surface area contributed by atoms with Crippen molar-refractivity contribution in [1.29, 1.82) is 0 Å². The van der Waals surface area contributed by atoms with Gasteiger partial charge in [0.1, 0.15) is 6.33 Å². The lowest BCUT2D eigenvalue weighted by Crippen LogP contribution is -2.02. The summed E-state index contributed by atoms with van der Waals surface area (Å²) in [5.74, 6) is -0.405. The number of carbonyl (C=O) groups excluding carboxylic acids is 1. The van der Waals surface area contributed by atoms with Crippen molar-refractivity contribution in [3.05, 3.63) is 35.7 Å². The smallest absolute Gasteiger partial charge is 0.330 e. The van der Waals surface area contributed by atoms with E-state index in [0.29, 0.717) is 17.9 Å². The van der Waals surface area contributed by atoms with Crippen LogP contribution in [0.4, 0.5) is 5.69 Å². The molecule has 0 amide bonds. The molecule has 7 nitrogen and oxygen atoms in total. The molecule has 20 heavy (non-hydrogen) atoms. The summed E-state index contributed by atoms with van der Waals surface area (Å²) < 4.78 is 6.35. The largest absolute Gasteiger partial charge is 0.463 e. The Morgan fingerprint density at radius 2 is 2.30 bits per heavy atom. The lowest BCUT2D eigenvalue weighted by molar-refractivity contribution is -0.137. The normalized spacial score (nSPS) is 10.9. The van der Waals surface area contributed by atoms with Crippen LogP contribution in [0, 0.1) is 6.92 Å². The molecule has 0 bridgehead atoms. The number of hydrogen-bond donors (Lipinski definition) is 1. The maximum atomic E-state index is 11.3. The second-order valence-electron chi connectivity index (χ2n) is 4.11. The van der Waals surface area contributed by atoms with Gasteiger partial charge < -0.3 is 10.5 Å². The van der Waals surface area contributed by atoms with Gasteiger partial charge in [0.15, 0.2) is 0 Å². The minimum absolute atomic E-state index is 0.336. The van der Waals surface area contributed by atoms with Crippen molar-refractivity contribution in [2.45, 2.75) is 13.8 Å². The Morgan fingerprint density at radius 3 is 2.95 bits per heavy atom. The van der Waals surface area contributed by atoms with E-state index < -0.39 is 5.97 Å². The van der Waals surface area contributed by atoms with Gasteiger partial charge in [0.05, 0.1) is 12.3 Å². The number of nitrogen functional groups attached to an aromatic ring is 1. The maximum Gasteiger partial charge on any atom is 0.330 e. The summed E-state index contributed by atoms with van der Waals surface area (Å²) >= 11 is 0. The highest BCUT2D eigenvalue weighted by Gasteiger charge is 2.06. The minimum Gasteiger partial charge on any atom is -0.463 e. The Labute approximate surface area is 116 Å². The van der Waals surface area contributed by atoms with Crippen LogP contribution in [0.5, 0.6) is 0 Å². The number of carbonyl (C=O) groups is 1. The highest BCUT2D eigenvalue weighted by molar-refractivity contribution is 5.88. The van der Waals surface area contributed by atoms with Gasteiger partial charge >= 0.3 is 5.97 Å². The molecule has 2 aromatic rings. The molecular formula is C13H15N5O2. The first-order chi connectivity index (χ1) is 9.61. The fourth-order valence-corrected chi connectivity index (χ4v) is 1.70. The molecule has 104 valence electrons. The van der Waals surface area contributed by atoms with E-state index in [2.05, 4.69) is 15.5 Å². The van der Waals surface area contributed by atoms with Crippen molar-refractivity contribution < 1.29 is 9.53 Å². The first-order valence-electron chi connectivity index (χ1n) is 6.10. The summed E-state index contributed by atoms with van der Waals surface area (Å²) in [6.07, 6.45) is 4.45. The number of tetrazole rings is 1. The Bertz CT molecular complexity index is 634. The molecule has 0 saturated heterocycles. The Morgan fingerprint density at radius 1 is 1.50 bits per heavy atom. The van der Waals surface area contributed by atoms with Crippen LogP contribution in [0.2, 0.25) is 0 Å². The highest BCUT2D eigenvalue weighted by atomic mass is 16.5. The molecule has 0 aliphatic carbocycles. The molecule has 2 rings (SSSR count). The third kappa shape index (κ3) is 3.00. The van der Waals surface area contributed by atoms with Crippen LogP contribution in [-0.4, -0.2) is 32.8 Å². The second-order valence-corrected chi connectivity index (χ2v) is 4.11. The SMILES string of the molecule is CCOC(=O)/C=C/c1cc(-n2cnnn2)cc(C)c1N. The molecule has 0 saturated carbocycles. The summed E-state index contributed by atoms with van der Waals surface area (Å²) in [7, 11) is 0. The second kappa shape index (κ2) is 5.96. The minimum atomic E-state index is -0.405. The summed E-state index contributed by atoms with van der Waals surface area (Å²) in [5.41, 5.74) is 8.96. The third-order valence-electron chi connectivity index (χ3n) is 2.70. The molecule has 0 spiro atoms. The van der Waals surface area contributed by atoms with Gasteiger partial charge in [-0.1, -0.05) is 0 Å². The zero-order valence-corrected chi connectivity index (χ0v) is 11.3. The van der Waals surface area contributed by atoms with Crippen molar-refractivity contribution in [3.63, 3.8) is 0 Å². The summed E-state index contributed by atoms with van der Waals surface area (Å²) in [4.78, 5) is 11.3. The molecule has 0 aliphatic heterocycles. The average Bonchev–Trinajstić information content (AvgIpc) is 2.94. The predicted octanol–water partition coefficient (Wildman–Crippen LogP) is 1.13. The predicted molar refractivity (Wildman–Crippen MR) is 74.0 cm³/mol. The van der Waals surface area contributed by atoms with E-state index in [4.69, 9.17) is 10.5 Å². The lowest BCUT2D eigenvalue weighted by atomic mass is 10.1. The standard InChI is InChI=1S/C13H15N5O2/c1-3-20-12(19)5-4-10-7-11(6-9(2)13(10)14)18-8-15-16-17-18/h4-8H,3,14H2,1-2H3/b5-4+. The highest BCUT2D eigenvalue weighted by Crippen LogP contribution is 2.22. The molecular weight excluding hydrogens is 258 g/mol. The van der Waals surface area contributed by atoms with Crippen LogP contribution in [0.15, 0.2) is 24.5 Å². The van der Waals surface area contributed by atoms with E-state index in [-0.39, 0.29) is 0 Å². The third-order valence-corrected chi connectivity index (χ3v) is 2.70. The quantitative estimate of drug-likeness (QED) is 0.509. The Balaban J connectivity index is 2.35. The van der Waals surface area contributed by atoms with Gasteiger partial charge in [-0.3, -0.25) is 0 Å². The first kappa shape index (κ1) is 13.7. The average molecular weight is 273 g/mol. The maximum absolute atomic E-state index is 11.3. The molecule has 2 N–H and O–H groups in total. The molecule has 1 heterocycles. The molecule has 0 fully saturated rings. The zero-order valence-electron chi connectivity index (χ0n) is 11.3. The van der Waals surface area contributed by atoms with Gasteiger partial charge in [-0.15, -0.1) is 5.10 Å². The zero-order chi connectivity index (χ0) is 14.5. The van der Waals surface area contributed by atoms with E-state index in [1.54, 1.807) is 19.1 Å². The number of nitrogens with two attached hydrogens (primary N) is 1. The molecule has 1 aromatic heterocycles. The van der Waals surface area contributed by atoms with E-state index in [0.717, 1.165) is 11.3 Å². The number of anilines is 1. The summed E-state index contributed by atoms with van der Waals surface area (Å²) in [6, 6.07) is 3.67. The molecule has 0 atom stereocenters. The van der Waals surface area contributed by atoms with Crippen LogP contribution >= 0.6 is 0 Å². The molecule has 0 aliphatic rings. The van der Waals surface area contributed by atoms with Crippen molar-refractivity contribution >= 4 is 17.7 Å². The topological polar surface area (TPSA) is 95.9 Å². The van der Waals surface area contributed by atoms with Gasteiger partial charge in [0.2, 0.25) is 0 Å². The van der Waals surface area contributed by atoms with Crippen LogP contribution < -0.4 is 5.73 Å². The van der Waals surface area contributed by atoms with Crippen LogP contribution in [0.3, 0.4) is 0 Å². The van der Waals surface area contributed by atoms with Crippen molar-refractivity contribution in [1.82, 2.24) is 20.2 Å². The van der Waals surface area contributed by atoms with Crippen molar-refractivity contribution in [3.8, 4) is 5.69 Å². The van der Waals surface area contributed by atoms with Gasteiger partial charge in [-0.05, 0) is 48.0 Å². The molecule has 0 radical (unpaired) electrons. The van der Waals surface area contributed by atoms with E-state index >= 15 is 0 Å². The number of aryl methyl sites for hydroxylation is 1. The molecule has 1 aromatic carbocycles. The number of rotatable bonds is 4. The lowest BCUT2D eigenvalue weighted by Gasteiger charge is -2.08. The van der Waals surface area contributed by atoms with Gasteiger partial charge in [0, 0.05) is 17.3 Å². The van der Waals surface area contributed by atoms with Gasteiger partial charge in [0.25, 0.3) is 0 Å². The van der Waals surface area contributed by atoms with E-state index in [1.807, 2.05) is 13.0 Å². The molecule has 7 heteroatoms. The van der Waals surface area contributed by atoms with Gasteiger partial charge in [-0.2, -0.15) is 0 Å². The number of benzene rings is 1. The fourth-order valence-electron chi connectivity index (χ4n) is 1.70. The monoisotopic (exact) mass is 273 g/mol. The first-order valence-corrected chi connectivity index (χ1v) is 6.10. The van der Waals surface area contributed by atoms with Crippen LogP contribution in [0.25, 0.3) is 11.8 Å². The van der Waals surface area contributed by atoms with Crippen LogP contribution in [-0.2, 0) is 9.53 Å². The van der Waals surface area contributed by atoms with Crippen molar-refractivity contribution in [2.75, 3.05) is 12.3 Å². The van der Waals surface area contributed by atoms with Crippen LogP contribution in [0.1, 0.15) is 18.1 Å². The van der Waals surface area contributed by atoms with Gasteiger partial charge in [-0.25, -0.2) is 9.48 Å². The summed E-state index contributed by atoms with van der Waals surface area (Å²) in [6.45, 7) is 3.97. The Kier molecular flexibility index (Phi) is 4.09. The number of aromatic nitrogens is 4. The number of nitrogens with zero attached hydrogens (tertiary/aromatic N) is 4. The number of ether oxygens (including phenoxy) is 1. The Hall–Kier alpha value is -2.70. The number of esters is 1. The number of hydrogen-bond acceptors (Lipinski definition) is 6.